The standard InChI is InChI=1S/2C9H9NO/c2*1-6-4-7-5-8(11)2-3-9(7)10-6/h2*2-5,10-11H,1H3. The van der Waals surface area contributed by atoms with Crippen LogP contribution in [0, 0.1) is 13.8 Å². The fraction of sp³-hybridized carbons (Fsp3) is 0.111. The topological polar surface area (TPSA) is 72.0 Å². The lowest BCUT2D eigenvalue weighted by atomic mass is 10.2. The summed E-state index contributed by atoms with van der Waals surface area (Å²) in [7, 11) is 0. The Morgan fingerprint density at radius 3 is 1.45 bits per heavy atom. The van der Waals surface area contributed by atoms with E-state index in [0.717, 1.165) is 33.2 Å². The number of phenols is 2. The van der Waals surface area contributed by atoms with Crippen LogP contribution in [0.4, 0.5) is 0 Å². The summed E-state index contributed by atoms with van der Waals surface area (Å²) >= 11 is 0. The van der Waals surface area contributed by atoms with Crippen molar-refractivity contribution in [3.05, 3.63) is 59.9 Å². The number of hydrogen-bond acceptors (Lipinski definition) is 2. The highest BCUT2D eigenvalue weighted by molar-refractivity contribution is 5.82. The number of aromatic nitrogens is 2. The lowest BCUT2D eigenvalue weighted by molar-refractivity contribution is 0.475. The number of aryl methyl sites for hydroxylation is 2. The number of aromatic hydroxyl groups is 2. The van der Waals surface area contributed by atoms with Gasteiger partial charge in [0.05, 0.1) is 0 Å². The predicted molar refractivity (Wildman–Crippen MR) is 89.4 cm³/mol. The van der Waals surface area contributed by atoms with Gasteiger partial charge in [-0.1, -0.05) is 0 Å². The molecule has 0 amide bonds. The normalized spacial score (nSPS) is 10.6. The number of benzene rings is 2. The summed E-state index contributed by atoms with van der Waals surface area (Å²) in [6.07, 6.45) is 0. The van der Waals surface area contributed by atoms with Crippen molar-refractivity contribution in [3.63, 3.8) is 0 Å². The summed E-state index contributed by atoms with van der Waals surface area (Å²) in [5, 5.41) is 20.4. The van der Waals surface area contributed by atoms with Gasteiger partial charge >= 0.3 is 0 Å². The molecule has 0 spiro atoms. The Kier molecular flexibility index (Phi) is 3.51. The average Bonchev–Trinajstić information content (AvgIpc) is 2.99. The third kappa shape index (κ3) is 2.91. The van der Waals surface area contributed by atoms with E-state index in [2.05, 4.69) is 9.97 Å². The molecule has 2 aromatic heterocycles. The molecule has 112 valence electrons. The molecule has 0 aliphatic rings. The van der Waals surface area contributed by atoms with Crippen molar-refractivity contribution in [2.24, 2.45) is 0 Å². The van der Waals surface area contributed by atoms with Gasteiger partial charge in [0, 0.05) is 33.2 Å². The highest BCUT2D eigenvalue weighted by atomic mass is 16.3. The molecule has 4 N–H and O–H groups in total. The molecule has 0 aliphatic carbocycles. The number of fused-ring (bicyclic) bond motifs is 2. The summed E-state index contributed by atoms with van der Waals surface area (Å²) < 4.78 is 0. The van der Waals surface area contributed by atoms with Crippen LogP contribution in [0.1, 0.15) is 11.4 Å². The lowest BCUT2D eigenvalue weighted by Crippen LogP contribution is -1.67. The Morgan fingerprint density at radius 1 is 0.636 bits per heavy atom. The minimum atomic E-state index is 0.316. The van der Waals surface area contributed by atoms with Crippen molar-refractivity contribution in [2.75, 3.05) is 0 Å². The maximum atomic E-state index is 9.13. The van der Waals surface area contributed by atoms with Crippen LogP contribution in [0.15, 0.2) is 48.5 Å². The maximum absolute atomic E-state index is 9.13. The number of aromatic amines is 2. The van der Waals surface area contributed by atoms with Crippen molar-refractivity contribution in [2.45, 2.75) is 13.8 Å². The predicted octanol–water partition coefficient (Wildman–Crippen LogP) is 4.36. The van der Waals surface area contributed by atoms with Gasteiger partial charge in [-0.05, 0) is 62.4 Å². The molecule has 0 saturated heterocycles. The van der Waals surface area contributed by atoms with Crippen molar-refractivity contribution in [1.82, 2.24) is 9.97 Å². The van der Waals surface area contributed by atoms with Gasteiger partial charge in [0.15, 0.2) is 0 Å². The number of phenolic OH excluding ortho intramolecular Hbond substituents is 2. The second kappa shape index (κ2) is 5.48. The molecule has 0 atom stereocenters. The van der Waals surface area contributed by atoms with Crippen molar-refractivity contribution in [1.29, 1.82) is 0 Å². The molecule has 2 heterocycles. The van der Waals surface area contributed by atoms with E-state index in [4.69, 9.17) is 10.2 Å². The van der Waals surface area contributed by atoms with Gasteiger partial charge in [0.2, 0.25) is 0 Å². The molecule has 22 heavy (non-hydrogen) atoms. The highest BCUT2D eigenvalue weighted by Crippen LogP contribution is 2.20. The first-order chi connectivity index (χ1) is 10.5. The SMILES string of the molecule is Cc1cc2cc(O)ccc2[nH]1.Cc1cc2cc(O)ccc2[nH]1. The van der Waals surface area contributed by atoms with E-state index in [1.807, 2.05) is 38.1 Å². The quantitative estimate of drug-likeness (QED) is 0.389. The van der Waals surface area contributed by atoms with E-state index in [0.29, 0.717) is 11.5 Å². The monoisotopic (exact) mass is 294 g/mol. The molecule has 2 aromatic carbocycles. The van der Waals surface area contributed by atoms with Crippen molar-refractivity contribution >= 4 is 21.8 Å². The zero-order valence-electron chi connectivity index (χ0n) is 12.5. The Bertz CT molecular complexity index is 857. The first kappa shape index (κ1) is 14.1. The average molecular weight is 294 g/mol. The van der Waals surface area contributed by atoms with Crippen LogP contribution in [-0.4, -0.2) is 20.2 Å². The van der Waals surface area contributed by atoms with Crippen LogP contribution in [0.25, 0.3) is 21.8 Å². The molecule has 0 saturated carbocycles. The minimum absolute atomic E-state index is 0.316. The van der Waals surface area contributed by atoms with E-state index >= 15 is 0 Å². The van der Waals surface area contributed by atoms with Gasteiger partial charge in [-0.25, -0.2) is 0 Å². The van der Waals surface area contributed by atoms with E-state index in [-0.39, 0.29) is 0 Å². The first-order valence-electron chi connectivity index (χ1n) is 7.08. The van der Waals surface area contributed by atoms with E-state index in [1.165, 1.54) is 0 Å². The van der Waals surface area contributed by atoms with Crippen LogP contribution < -0.4 is 0 Å². The number of rotatable bonds is 0. The summed E-state index contributed by atoms with van der Waals surface area (Å²) in [5.74, 6) is 0.632. The second-order valence-corrected chi connectivity index (χ2v) is 5.45. The van der Waals surface area contributed by atoms with Gasteiger partial charge in [-0.15, -0.1) is 0 Å². The lowest BCUT2D eigenvalue weighted by Gasteiger charge is -1.89. The van der Waals surface area contributed by atoms with Crippen LogP contribution in [0.2, 0.25) is 0 Å². The molecular weight excluding hydrogens is 276 g/mol. The zero-order chi connectivity index (χ0) is 15.7. The summed E-state index contributed by atoms with van der Waals surface area (Å²) in [4.78, 5) is 6.35. The molecule has 4 rings (SSSR count). The Morgan fingerprint density at radius 2 is 1.05 bits per heavy atom. The molecule has 0 radical (unpaired) electrons. The van der Waals surface area contributed by atoms with Crippen molar-refractivity contribution < 1.29 is 10.2 Å². The molecule has 0 aliphatic heterocycles. The van der Waals surface area contributed by atoms with Gasteiger partial charge in [0.1, 0.15) is 11.5 Å². The van der Waals surface area contributed by atoms with Crippen LogP contribution in [0.5, 0.6) is 11.5 Å². The van der Waals surface area contributed by atoms with Crippen LogP contribution >= 0.6 is 0 Å². The van der Waals surface area contributed by atoms with Crippen LogP contribution in [-0.2, 0) is 0 Å². The molecule has 4 nitrogen and oxygen atoms in total. The van der Waals surface area contributed by atoms with Crippen molar-refractivity contribution in [3.8, 4) is 11.5 Å². The number of nitrogens with one attached hydrogen (secondary N) is 2. The zero-order valence-corrected chi connectivity index (χ0v) is 12.5. The molecular formula is C18H18N2O2. The summed E-state index contributed by atoms with van der Waals surface area (Å²) in [6.45, 7) is 3.99. The molecule has 0 fully saturated rings. The highest BCUT2D eigenvalue weighted by Gasteiger charge is 1.97. The fourth-order valence-electron chi connectivity index (χ4n) is 2.53. The van der Waals surface area contributed by atoms with Gasteiger partial charge in [0.25, 0.3) is 0 Å². The van der Waals surface area contributed by atoms with E-state index in [9.17, 15) is 0 Å². The van der Waals surface area contributed by atoms with Gasteiger partial charge in [-0.2, -0.15) is 0 Å². The Hall–Kier alpha value is -2.88. The summed E-state index contributed by atoms with van der Waals surface area (Å²) in [6, 6.07) is 14.6. The van der Waals surface area contributed by atoms with E-state index < -0.39 is 0 Å². The Balaban J connectivity index is 0.000000131. The van der Waals surface area contributed by atoms with Gasteiger partial charge < -0.3 is 20.2 Å². The number of hydrogen-bond donors (Lipinski definition) is 4. The third-order valence-corrected chi connectivity index (χ3v) is 3.48. The smallest absolute Gasteiger partial charge is 0.116 e. The summed E-state index contributed by atoms with van der Waals surface area (Å²) in [5.41, 5.74) is 4.37. The van der Waals surface area contributed by atoms with E-state index in [1.54, 1.807) is 24.3 Å². The molecule has 0 unspecified atom stereocenters. The molecule has 4 aromatic rings. The second-order valence-electron chi connectivity index (χ2n) is 5.45. The minimum Gasteiger partial charge on any atom is -0.508 e. The Labute approximate surface area is 128 Å². The fourth-order valence-corrected chi connectivity index (χ4v) is 2.53. The third-order valence-electron chi connectivity index (χ3n) is 3.48. The largest absolute Gasteiger partial charge is 0.508 e. The van der Waals surface area contributed by atoms with Gasteiger partial charge in [-0.3, -0.25) is 0 Å². The number of H-pyrrole nitrogens is 2. The first-order valence-corrected chi connectivity index (χ1v) is 7.08. The maximum Gasteiger partial charge on any atom is 0.116 e. The molecule has 4 heteroatoms. The van der Waals surface area contributed by atoms with Crippen LogP contribution in [0.3, 0.4) is 0 Å². The molecule has 0 bridgehead atoms.